The van der Waals surface area contributed by atoms with Gasteiger partial charge in [-0.15, -0.1) is 0 Å². The van der Waals surface area contributed by atoms with Crippen molar-refractivity contribution in [1.82, 2.24) is 10.2 Å². The minimum absolute atomic E-state index is 0.118. The van der Waals surface area contributed by atoms with Crippen molar-refractivity contribution in [2.45, 2.75) is 45.4 Å². The van der Waals surface area contributed by atoms with Gasteiger partial charge in [0.15, 0.2) is 5.78 Å². The summed E-state index contributed by atoms with van der Waals surface area (Å²) in [6, 6.07) is 2.47. The van der Waals surface area contributed by atoms with E-state index in [4.69, 9.17) is 16.3 Å². The number of hydrogen-bond acceptors (Lipinski definition) is 4. The number of ketones is 1. The van der Waals surface area contributed by atoms with E-state index in [1.54, 1.807) is 20.8 Å². The summed E-state index contributed by atoms with van der Waals surface area (Å²) in [6.07, 6.45) is -4.27. The minimum Gasteiger partial charge on any atom is -0.444 e. The van der Waals surface area contributed by atoms with E-state index in [-0.39, 0.29) is 10.6 Å². The second-order valence-corrected chi connectivity index (χ2v) is 8.48. The molecule has 0 saturated carbocycles. The van der Waals surface area contributed by atoms with Crippen LogP contribution in [-0.4, -0.2) is 47.9 Å². The average molecular weight is 449 g/mol. The number of nitrogens with one attached hydrogen (secondary N) is 1. The highest BCUT2D eigenvalue weighted by atomic mass is 35.5. The molecule has 6 nitrogen and oxygen atoms in total. The maximum absolute atomic E-state index is 12.8. The van der Waals surface area contributed by atoms with Crippen LogP contribution in [0.5, 0.6) is 0 Å². The third kappa shape index (κ3) is 6.62. The van der Waals surface area contributed by atoms with Crippen molar-refractivity contribution in [2.75, 3.05) is 19.6 Å². The summed E-state index contributed by atoms with van der Waals surface area (Å²) in [5.41, 5.74) is -1.90. The van der Waals surface area contributed by atoms with Crippen LogP contribution in [-0.2, 0) is 15.7 Å². The lowest BCUT2D eigenvalue weighted by molar-refractivity contribution is -0.137. The molecule has 0 unspecified atom stereocenters. The molecule has 30 heavy (non-hydrogen) atoms. The molecule has 1 saturated heterocycles. The van der Waals surface area contributed by atoms with Gasteiger partial charge in [0.05, 0.1) is 17.1 Å². The van der Waals surface area contributed by atoms with Gasteiger partial charge in [0, 0.05) is 24.6 Å². The topological polar surface area (TPSA) is 75.7 Å². The first kappa shape index (κ1) is 24.0. The van der Waals surface area contributed by atoms with Crippen molar-refractivity contribution in [3.8, 4) is 0 Å². The number of benzene rings is 1. The molecule has 0 atom stereocenters. The number of alkyl halides is 3. The molecule has 0 radical (unpaired) electrons. The molecule has 1 aliphatic rings. The zero-order valence-corrected chi connectivity index (χ0v) is 17.7. The minimum atomic E-state index is -4.61. The normalized spacial score (nSPS) is 15.6. The SMILES string of the molecule is CC(C)(C)OC(=O)N1CCC(C(=O)NCC(=O)c2cc(C(F)(F)F)ccc2Cl)CC1. The average Bonchev–Trinajstić information content (AvgIpc) is 2.64. The molecule has 0 aliphatic carbocycles. The number of halogens is 4. The third-order valence-electron chi connectivity index (χ3n) is 4.53. The van der Waals surface area contributed by atoms with Gasteiger partial charge in [-0.25, -0.2) is 4.79 Å². The van der Waals surface area contributed by atoms with Crippen molar-refractivity contribution < 1.29 is 32.3 Å². The van der Waals surface area contributed by atoms with Crippen LogP contribution in [0.25, 0.3) is 0 Å². The van der Waals surface area contributed by atoms with Crippen molar-refractivity contribution in [1.29, 1.82) is 0 Å². The van der Waals surface area contributed by atoms with Gasteiger partial charge in [-0.3, -0.25) is 9.59 Å². The highest BCUT2D eigenvalue weighted by Gasteiger charge is 2.32. The lowest BCUT2D eigenvalue weighted by Gasteiger charge is -2.32. The number of likely N-dealkylation sites (tertiary alicyclic amines) is 1. The summed E-state index contributed by atoms with van der Waals surface area (Å²) in [7, 11) is 0. The molecule has 1 aromatic carbocycles. The Morgan fingerprint density at radius 2 is 1.77 bits per heavy atom. The van der Waals surface area contributed by atoms with Gasteiger partial charge < -0.3 is 15.0 Å². The maximum Gasteiger partial charge on any atom is 0.416 e. The summed E-state index contributed by atoms with van der Waals surface area (Å²) in [4.78, 5) is 38.2. The Labute approximate surface area is 177 Å². The zero-order valence-electron chi connectivity index (χ0n) is 16.9. The summed E-state index contributed by atoms with van der Waals surface area (Å²) in [5, 5.41) is 2.34. The molecular formula is C20H24ClF3N2O4. The number of carbonyl (C=O) groups excluding carboxylic acids is 3. The van der Waals surface area contributed by atoms with E-state index < -0.39 is 47.6 Å². The first-order valence-electron chi connectivity index (χ1n) is 9.43. The van der Waals surface area contributed by atoms with Crippen LogP contribution in [0.2, 0.25) is 5.02 Å². The van der Waals surface area contributed by atoms with Crippen LogP contribution in [0.3, 0.4) is 0 Å². The van der Waals surface area contributed by atoms with Crippen molar-refractivity contribution in [3.63, 3.8) is 0 Å². The van der Waals surface area contributed by atoms with Gasteiger partial charge >= 0.3 is 12.3 Å². The van der Waals surface area contributed by atoms with Crippen molar-refractivity contribution >= 4 is 29.4 Å². The fourth-order valence-corrected chi connectivity index (χ4v) is 3.20. The lowest BCUT2D eigenvalue weighted by atomic mass is 9.96. The zero-order chi connectivity index (χ0) is 22.7. The number of ether oxygens (including phenoxy) is 1. The number of nitrogens with zero attached hydrogens (tertiary/aromatic N) is 1. The van der Waals surface area contributed by atoms with Gasteiger partial charge in [-0.2, -0.15) is 13.2 Å². The van der Waals surface area contributed by atoms with Crippen molar-refractivity contribution in [2.24, 2.45) is 5.92 Å². The molecule has 1 heterocycles. The van der Waals surface area contributed by atoms with Crippen LogP contribution >= 0.6 is 11.6 Å². The molecular weight excluding hydrogens is 425 g/mol. The van der Waals surface area contributed by atoms with E-state index in [2.05, 4.69) is 5.32 Å². The Morgan fingerprint density at radius 3 is 2.30 bits per heavy atom. The molecule has 1 N–H and O–H groups in total. The van der Waals surface area contributed by atoms with Gasteiger partial charge in [0.1, 0.15) is 5.60 Å². The van der Waals surface area contributed by atoms with E-state index in [1.807, 2.05) is 0 Å². The first-order valence-corrected chi connectivity index (χ1v) is 9.81. The number of amides is 2. The fourth-order valence-electron chi connectivity index (χ4n) is 2.97. The molecule has 1 aromatic rings. The Balaban J connectivity index is 1.88. The number of rotatable bonds is 4. The van der Waals surface area contributed by atoms with Crippen molar-refractivity contribution in [3.05, 3.63) is 34.3 Å². The number of carbonyl (C=O) groups is 3. The van der Waals surface area contributed by atoms with Crippen LogP contribution in [0.4, 0.5) is 18.0 Å². The Kier molecular flexibility index (Phi) is 7.39. The molecule has 0 spiro atoms. The van der Waals surface area contributed by atoms with E-state index in [9.17, 15) is 27.6 Å². The third-order valence-corrected chi connectivity index (χ3v) is 4.86. The molecule has 166 valence electrons. The van der Waals surface area contributed by atoms with E-state index >= 15 is 0 Å². The van der Waals surface area contributed by atoms with Crippen LogP contribution in [0, 0.1) is 5.92 Å². The number of piperidine rings is 1. The largest absolute Gasteiger partial charge is 0.444 e. The summed E-state index contributed by atoms with van der Waals surface area (Å²) >= 11 is 5.85. The summed E-state index contributed by atoms with van der Waals surface area (Å²) in [6.45, 7) is 5.49. The summed E-state index contributed by atoms with van der Waals surface area (Å²) < 4.78 is 43.8. The van der Waals surface area contributed by atoms with E-state index in [1.165, 1.54) is 4.90 Å². The van der Waals surface area contributed by atoms with E-state index in [0.717, 1.165) is 12.1 Å². The smallest absolute Gasteiger partial charge is 0.416 e. The lowest BCUT2D eigenvalue weighted by Crippen LogP contribution is -2.45. The Bertz CT molecular complexity index is 813. The van der Waals surface area contributed by atoms with Crippen LogP contribution in [0.1, 0.15) is 49.5 Å². The second kappa shape index (κ2) is 9.24. The monoisotopic (exact) mass is 448 g/mol. The molecule has 1 fully saturated rings. The van der Waals surface area contributed by atoms with Crippen LogP contribution in [0.15, 0.2) is 18.2 Å². The fraction of sp³-hybridized carbons (Fsp3) is 0.550. The molecule has 0 aromatic heterocycles. The number of Topliss-reactive ketones (excluding diaryl/α,β-unsaturated/α-hetero) is 1. The standard InChI is InChI=1S/C20H24ClF3N2O4/c1-19(2,3)30-18(29)26-8-6-12(7-9-26)17(28)25-11-16(27)14-10-13(20(22,23)24)4-5-15(14)21/h4-5,10,12H,6-9,11H2,1-3H3,(H,25,28). The van der Waals surface area contributed by atoms with E-state index in [0.29, 0.717) is 32.0 Å². The first-order chi connectivity index (χ1) is 13.8. The van der Waals surface area contributed by atoms with Gasteiger partial charge in [-0.1, -0.05) is 11.6 Å². The molecule has 1 aliphatic heterocycles. The predicted molar refractivity (Wildman–Crippen MR) is 104 cm³/mol. The molecule has 10 heteroatoms. The van der Waals surface area contributed by atoms with Gasteiger partial charge in [-0.05, 0) is 51.8 Å². The van der Waals surface area contributed by atoms with Gasteiger partial charge in [0.25, 0.3) is 0 Å². The van der Waals surface area contributed by atoms with Gasteiger partial charge in [0.2, 0.25) is 5.91 Å². The maximum atomic E-state index is 12.8. The van der Waals surface area contributed by atoms with Crippen LogP contribution < -0.4 is 5.32 Å². The molecule has 2 rings (SSSR count). The Hall–Kier alpha value is -2.29. The highest BCUT2D eigenvalue weighted by Crippen LogP contribution is 2.32. The Morgan fingerprint density at radius 1 is 1.17 bits per heavy atom. The summed E-state index contributed by atoms with van der Waals surface area (Å²) in [5.74, 6) is -1.52. The molecule has 0 bridgehead atoms. The quantitative estimate of drug-likeness (QED) is 0.696. The molecule has 2 amide bonds. The number of hydrogen-bond donors (Lipinski definition) is 1. The second-order valence-electron chi connectivity index (χ2n) is 8.08. The highest BCUT2D eigenvalue weighted by molar-refractivity contribution is 6.34. The predicted octanol–water partition coefficient (Wildman–Crippen LogP) is 4.30.